The van der Waals surface area contributed by atoms with Gasteiger partial charge in [-0.05, 0) is 6.42 Å². The largest absolute Gasteiger partial charge is 0.237 e. The molecule has 0 spiro atoms. The van der Waals surface area contributed by atoms with Crippen LogP contribution in [0.3, 0.4) is 0 Å². The molecule has 0 saturated carbocycles. The van der Waals surface area contributed by atoms with Crippen LogP contribution in [0, 0.1) is 0 Å². The predicted molar refractivity (Wildman–Crippen MR) is 29.9 cm³/mol. The maximum Gasteiger partial charge on any atom is 0.147 e. The van der Waals surface area contributed by atoms with Crippen molar-refractivity contribution < 1.29 is 13.5 Å². The van der Waals surface area contributed by atoms with Crippen molar-refractivity contribution in [2.24, 2.45) is 0 Å². The molecule has 0 saturated heterocycles. The van der Waals surface area contributed by atoms with E-state index in [0.29, 0.717) is 0 Å². The lowest BCUT2D eigenvalue weighted by atomic mass is 10.5. The van der Waals surface area contributed by atoms with Crippen molar-refractivity contribution in [3.8, 4) is 0 Å². The molecule has 49 valence electrons. The summed E-state index contributed by atoms with van der Waals surface area (Å²) in [6.45, 7) is -0.299. The van der Waals surface area contributed by atoms with E-state index in [1.165, 1.54) is 0 Å². The van der Waals surface area contributed by atoms with Crippen LogP contribution < -0.4 is 0 Å². The standard InChI is InChI=1S/C4H9O3S/c1-8(6,7)4-2-3-5/h2-4H2,1H3. The first-order chi connectivity index (χ1) is 3.56. The summed E-state index contributed by atoms with van der Waals surface area (Å²) in [6, 6.07) is 0. The SMILES string of the molecule is CS(=O)(=O)CCC[O]. The van der Waals surface area contributed by atoms with E-state index in [0.717, 1.165) is 6.26 Å². The summed E-state index contributed by atoms with van der Waals surface area (Å²) in [5.74, 6) is 0.0243. The highest BCUT2D eigenvalue weighted by Crippen LogP contribution is 1.85. The molecule has 1 radical (unpaired) electrons. The Morgan fingerprint density at radius 2 is 1.88 bits per heavy atom. The van der Waals surface area contributed by atoms with Crippen molar-refractivity contribution in [2.45, 2.75) is 6.42 Å². The zero-order valence-corrected chi connectivity index (χ0v) is 5.57. The second-order valence-electron chi connectivity index (χ2n) is 1.69. The fourth-order valence-electron chi connectivity index (χ4n) is 0.321. The van der Waals surface area contributed by atoms with Crippen molar-refractivity contribution in [1.82, 2.24) is 0 Å². The smallest absolute Gasteiger partial charge is 0.147 e. The molecule has 0 aliphatic rings. The molecule has 0 amide bonds. The molecular formula is C4H9O3S. The average Bonchev–Trinajstić information content (AvgIpc) is 1.59. The Morgan fingerprint density at radius 3 is 2.00 bits per heavy atom. The Labute approximate surface area is 49.3 Å². The third kappa shape index (κ3) is 5.91. The zero-order chi connectivity index (χ0) is 6.62. The van der Waals surface area contributed by atoms with Crippen molar-refractivity contribution in [2.75, 3.05) is 18.6 Å². The second kappa shape index (κ2) is 3.04. The van der Waals surface area contributed by atoms with E-state index in [4.69, 9.17) is 0 Å². The van der Waals surface area contributed by atoms with Crippen molar-refractivity contribution >= 4 is 9.84 Å². The van der Waals surface area contributed by atoms with Gasteiger partial charge in [-0.15, -0.1) is 0 Å². The molecule has 0 aliphatic carbocycles. The predicted octanol–water partition coefficient (Wildman–Crippen LogP) is -0.148. The van der Waals surface area contributed by atoms with Gasteiger partial charge in [-0.3, -0.25) is 0 Å². The molecule has 3 nitrogen and oxygen atoms in total. The van der Waals surface area contributed by atoms with E-state index >= 15 is 0 Å². The minimum absolute atomic E-state index is 0.0243. The minimum Gasteiger partial charge on any atom is -0.237 e. The van der Waals surface area contributed by atoms with Crippen molar-refractivity contribution in [3.05, 3.63) is 0 Å². The van der Waals surface area contributed by atoms with Gasteiger partial charge >= 0.3 is 0 Å². The highest BCUT2D eigenvalue weighted by atomic mass is 32.2. The summed E-state index contributed by atoms with van der Waals surface area (Å²) < 4.78 is 20.5. The molecule has 4 heteroatoms. The summed E-state index contributed by atoms with van der Waals surface area (Å²) in [5.41, 5.74) is 0. The van der Waals surface area contributed by atoms with E-state index < -0.39 is 9.84 Å². The molecule has 0 aromatic carbocycles. The Balaban J connectivity index is 3.42. The quantitative estimate of drug-likeness (QED) is 0.543. The fourth-order valence-corrected chi connectivity index (χ4v) is 0.963. The van der Waals surface area contributed by atoms with E-state index in [1.54, 1.807) is 0 Å². The number of hydrogen-bond donors (Lipinski definition) is 0. The zero-order valence-electron chi connectivity index (χ0n) is 4.75. The number of hydrogen-bond acceptors (Lipinski definition) is 2. The summed E-state index contributed by atoms with van der Waals surface area (Å²) in [5, 5.41) is 9.71. The lowest BCUT2D eigenvalue weighted by Gasteiger charge is -1.89. The second-order valence-corrected chi connectivity index (χ2v) is 3.95. The van der Waals surface area contributed by atoms with Gasteiger partial charge in [-0.1, -0.05) is 0 Å². The lowest BCUT2D eigenvalue weighted by Crippen LogP contribution is -2.03. The van der Waals surface area contributed by atoms with Crippen LogP contribution in [0.2, 0.25) is 0 Å². The monoisotopic (exact) mass is 137 g/mol. The van der Waals surface area contributed by atoms with Crippen LogP contribution >= 0.6 is 0 Å². The highest BCUT2D eigenvalue weighted by molar-refractivity contribution is 7.90. The van der Waals surface area contributed by atoms with Crippen LogP contribution in [-0.2, 0) is 14.9 Å². The Kier molecular flexibility index (Phi) is 3.01. The van der Waals surface area contributed by atoms with Crippen molar-refractivity contribution in [1.29, 1.82) is 0 Å². The molecule has 0 heterocycles. The maximum absolute atomic E-state index is 10.3. The Bertz CT molecular complexity index is 135. The molecule has 0 unspecified atom stereocenters. The molecule has 0 bridgehead atoms. The third-order valence-electron chi connectivity index (χ3n) is 0.659. The van der Waals surface area contributed by atoms with E-state index in [1.807, 2.05) is 0 Å². The molecule has 0 aromatic heterocycles. The molecule has 0 atom stereocenters. The number of sulfone groups is 1. The van der Waals surface area contributed by atoms with Gasteiger partial charge in [0.15, 0.2) is 0 Å². The molecule has 0 N–H and O–H groups in total. The van der Waals surface area contributed by atoms with E-state index in [-0.39, 0.29) is 18.8 Å². The first-order valence-corrected chi connectivity index (χ1v) is 4.38. The van der Waals surface area contributed by atoms with Gasteiger partial charge in [0.05, 0.1) is 12.4 Å². The van der Waals surface area contributed by atoms with E-state index in [9.17, 15) is 13.5 Å². The molecular weight excluding hydrogens is 128 g/mol. The van der Waals surface area contributed by atoms with Gasteiger partial charge in [0.25, 0.3) is 0 Å². The topological polar surface area (TPSA) is 54.0 Å². The minimum atomic E-state index is -2.89. The van der Waals surface area contributed by atoms with Gasteiger partial charge in [-0.2, -0.15) is 0 Å². The average molecular weight is 137 g/mol. The summed E-state index contributed by atoms with van der Waals surface area (Å²) in [4.78, 5) is 0. The Hall–Kier alpha value is -0.0900. The normalized spacial score (nSPS) is 11.8. The first kappa shape index (κ1) is 7.91. The van der Waals surface area contributed by atoms with Crippen molar-refractivity contribution in [3.63, 3.8) is 0 Å². The van der Waals surface area contributed by atoms with Gasteiger partial charge in [0.2, 0.25) is 0 Å². The fraction of sp³-hybridized carbons (Fsp3) is 1.00. The highest BCUT2D eigenvalue weighted by Gasteiger charge is 1.98. The van der Waals surface area contributed by atoms with Crippen LogP contribution in [0.15, 0.2) is 0 Å². The molecule has 0 aromatic rings. The van der Waals surface area contributed by atoms with Crippen LogP contribution in [-0.4, -0.2) is 27.0 Å². The van der Waals surface area contributed by atoms with Gasteiger partial charge in [0.1, 0.15) is 9.84 Å². The number of rotatable bonds is 3. The Morgan fingerprint density at radius 1 is 1.38 bits per heavy atom. The van der Waals surface area contributed by atoms with Gasteiger partial charge in [-0.25, -0.2) is 13.5 Å². The third-order valence-corrected chi connectivity index (χ3v) is 1.69. The van der Waals surface area contributed by atoms with Crippen LogP contribution in [0.5, 0.6) is 0 Å². The summed E-state index contributed by atoms with van der Waals surface area (Å²) in [6.07, 6.45) is 1.36. The van der Waals surface area contributed by atoms with Crippen LogP contribution in [0.1, 0.15) is 6.42 Å². The summed E-state index contributed by atoms with van der Waals surface area (Å²) in [7, 11) is -2.89. The maximum atomic E-state index is 10.3. The van der Waals surface area contributed by atoms with Gasteiger partial charge < -0.3 is 0 Å². The van der Waals surface area contributed by atoms with Crippen LogP contribution in [0.25, 0.3) is 0 Å². The molecule has 0 rings (SSSR count). The molecule has 0 aliphatic heterocycles. The molecule has 0 fully saturated rings. The summed E-state index contributed by atoms with van der Waals surface area (Å²) >= 11 is 0. The van der Waals surface area contributed by atoms with Gasteiger partial charge in [0, 0.05) is 6.26 Å². The molecule has 8 heavy (non-hydrogen) atoms. The van der Waals surface area contributed by atoms with Crippen LogP contribution in [0.4, 0.5) is 0 Å². The first-order valence-electron chi connectivity index (χ1n) is 2.32. The van der Waals surface area contributed by atoms with E-state index in [2.05, 4.69) is 0 Å². The lowest BCUT2D eigenvalue weighted by molar-refractivity contribution is 0.194.